The summed E-state index contributed by atoms with van der Waals surface area (Å²) in [5, 5.41) is 0. The van der Waals surface area contributed by atoms with Gasteiger partial charge in [0.15, 0.2) is 0 Å². The predicted octanol–water partition coefficient (Wildman–Crippen LogP) is 3.10. The topological polar surface area (TPSA) is 34.5 Å². The molecule has 2 aromatic rings. The summed E-state index contributed by atoms with van der Waals surface area (Å²) in [6.07, 6.45) is 2.98. The standard InChI is InChI=1S/C17H22N2O2.ClH/c1-18(2)11-5-13-19-12-4-6-16(19)17(20)14-7-9-15(21-3)10-8-14;/h4,6-10,12H,5,11,13H2,1-3H3;1H. The molecule has 22 heavy (non-hydrogen) atoms. The summed E-state index contributed by atoms with van der Waals surface area (Å²) in [5.74, 6) is 0.806. The van der Waals surface area contributed by atoms with E-state index in [9.17, 15) is 4.79 Å². The first-order valence-corrected chi connectivity index (χ1v) is 7.10. The van der Waals surface area contributed by atoms with Gasteiger partial charge in [0.05, 0.1) is 12.8 Å². The fourth-order valence-electron chi connectivity index (χ4n) is 2.26. The number of halogens is 1. The summed E-state index contributed by atoms with van der Waals surface area (Å²) in [6, 6.07) is 11.0. The number of carbonyl (C=O) groups excluding carboxylic acids is 1. The molecule has 0 atom stereocenters. The second-order valence-electron chi connectivity index (χ2n) is 5.30. The second-order valence-corrected chi connectivity index (χ2v) is 5.30. The van der Waals surface area contributed by atoms with Crippen LogP contribution in [0.2, 0.25) is 0 Å². The largest absolute Gasteiger partial charge is 0.497 e. The van der Waals surface area contributed by atoms with Crippen molar-refractivity contribution in [1.29, 1.82) is 0 Å². The van der Waals surface area contributed by atoms with Gasteiger partial charge in [0, 0.05) is 18.3 Å². The predicted molar refractivity (Wildman–Crippen MR) is 91.3 cm³/mol. The van der Waals surface area contributed by atoms with Gasteiger partial charge in [0.25, 0.3) is 0 Å². The summed E-state index contributed by atoms with van der Waals surface area (Å²) in [5.41, 5.74) is 1.42. The van der Waals surface area contributed by atoms with Crippen LogP contribution in [0.3, 0.4) is 0 Å². The quantitative estimate of drug-likeness (QED) is 0.735. The Morgan fingerprint density at radius 1 is 1.18 bits per heavy atom. The van der Waals surface area contributed by atoms with Gasteiger partial charge in [-0.15, -0.1) is 12.4 Å². The van der Waals surface area contributed by atoms with E-state index >= 15 is 0 Å². The Labute approximate surface area is 138 Å². The summed E-state index contributed by atoms with van der Waals surface area (Å²) in [6.45, 7) is 1.86. The molecule has 0 amide bonds. The van der Waals surface area contributed by atoms with Gasteiger partial charge in [0.1, 0.15) is 5.75 Å². The number of methoxy groups -OCH3 is 1. The van der Waals surface area contributed by atoms with Crippen LogP contribution in [-0.2, 0) is 6.54 Å². The lowest BCUT2D eigenvalue weighted by Gasteiger charge is -2.12. The molecule has 0 fully saturated rings. The van der Waals surface area contributed by atoms with Crippen LogP contribution >= 0.6 is 12.4 Å². The number of aryl methyl sites for hydroxylation is 1. The van der Waals surface area contributed by atoms with Gasteiger partial charge in [-0.2, -0.15) is 0 Å². The molecule has 1 aromatic heterocycles. The van der Waals surface area contributed by atoms with Crippen LogP contribution in [0, 0.1) is 0 Å². The van der Waals surface area contributed by atoms with Gasteiger partial charge >= 0.3 is 0 Å². The fourth-order valence-corrected chi connectivity index (χ4v) is 2.26. The van der Waals surface area contributed by atoms with Gasteiger partial charge in [-0.1, -0.05) is 0 Å². The second kappa shape index (κ2) is 8.61. The van der Waals surface area contributed by atoms with Crippen molar-refractivity contribution in [3.63, 3.8) is 0 Å². The van der Waals surface area contributed by atoms with Gasteiger partial charge < -0.3 is 14.2 Å². The minimum atomic E-state index is 0. The number of benzene rings is 1. The molecular weight excluding hydrogens is 300 g/mol. The average Bonchev–Trinajstić information content (AvgIpc) is 2.94. The lowest BCUT2D eigenvalue weighted by Crippen LogP contribution is -2.16. The molecule has 0 unspecified atom stereocenters. The van der Waals surface area contributed by atoms with E-state index in [2.05, 4.69) is 19.0 Å². The maximum atomic E-state index is 12.6. The molecule has 2 rings (SSSR count). The third-order valence-electron chi connectivity index (χ3n) is 3.42. The number of aromatic nitrogens is 1. The first-order chi connectivity index (χ1) is 10.1. The Hall–Kier alpha value is -1.78. The van der Waals surface area contributed by atoms with E-state index in [0.29, 0.717) is 5.56 Å². The molecule has 0 aliphatic carbocycles. The third-order valence-corrected chi connectivity index (χ3v) is 3.42. The van der Waals surface area contributed by atoms with E-state index in [1.54, 1.807) is 19.2 Å². The highest BCUT2D eigenvalue weighted by atomic mass is 35.5. The van der Waals surface area contributed by atoms with Crippen LogP contribution in [0.25, 0.3) is 0 Å². The molecule has 0 aliphatic heterocycles. The number of ketones is 1. The highest BCUT2D eigenvalue weighted by Gasteiger charge is 2.13. The molecule has 1 heterocycles. The Morgan fingerprint density at radius 3 is 2.45 bits per heavy atom. The normalized spacial score (nSPS) is 10.4. The van der Waals surface area contributed by atoms with Crippen molar-refractivity contribution in [2.24, 2.45) is 0 Å². The lowest BCUT2D eigenvalue weighted by atomic mass is 10.1. The number of hydrogen-bond donors (Lipinski definition) is 0. The van der Waals surface area contributed by atoms with Gasteiger partial charge in [0.2, 0.25) is 5.78 Å². The van der Waals surface area contributed by atoms with Crippen molar-refractivity contribution < 1.29 is 9.53 Å². The van der Waals surface area contributed by atoms with Crippen molar-refractivity contribution >= 4 is 18.2 Å². The number of rotatable bonds is 7. The van der Waals surface area contributed by atoms with Gasteiger partial charge in [-0.25, -0.2) is 0 Å². The van der Waals surface area contributed by atoms with Crippen LogP contribution in [-0.4, -0.2) is 43.0 Å². The average molecular weight is 323 g/mol. The van der Waals surface area contributed by atoms with Crippen molar-refractivity contribution in [2.45, 2.75) is 13.0 Å². The zero-order chi connectivity index (χ0) is 15.2. The zero-order valence-electron chi connectivity index (χ0n) is 13.3. The number of carbonyl (C=O) groups is 1. The molecule has 120 valence electrons. The van der Waals surface area contributed by atoms with E-state index in [1.165, 1.54) is 0 Å². The van der Waals surface area contributed by atoms with Gasteiger partial charge in [-0.3, -0.25) is 4.79 Å². The number of hydrogen-bond acceptors (Lipinski definition) is 3. The van der Waals surface area contributed by atoms with Crippen molar-refractivity contribution in [3.8, 4) is 5.75 Å². The summed E-state index contributed by atoms with van der Waals surface area (Å²) >= 11 is 0. The minimum absolute atomic E-state index is 0. The number of nitrogens with zero attached hydrogens (tertiary/aromatic N) is 2. The first-order valence-electron chi connectivity index (χ1n) is 7.10. The zero-order valence-corrected chi connectivity index (χ0v) is 14.1. The Bertz CT molecular complexity index is 591. The monoisotopic (exact) mass is 322 g/mol. The third kappa shape index (κ3) is 4.61. The van der Waals surface area contributed by atoms with E-state index in [0.717, 1.165) is 31.0 Å². The first kappa shape index (κ1) is 18.3. The molecule has 5 heteroatoms. The molecule has 0 spiro atoms. The number of ether oxygens (including phenoxy) is 1. The molecule has 0 radical (unpaired) electrons. The van der Waals surface area contributed by atoms with E-state index < -0.39 is 0 Å². The van der Waals surface area contributed by atoms with E-state index in [4.69, 9.17) is 4.74 Å². The fraction of sp³-hybridized carbons (Fsp3) is 0.353. The summed E-state index contributed by atoms with van der Waals surface area (Å²) < 4.78 is 7.14. The van der Waals surface area contributed by atoms with Crippen LogP contribution in [0.5, 0.6) is 5.75 Å². The molecular formula is C17H23ClN2O2. The lowest BCUT2D eigenvalue weighted by molar-refractivity contribution is 0.103. The van der Waals surface area contributed by atoms with Crippen LogP contribution in [0.4, 0.5) is 0 Å². The highest BCUT2D eigenvalue weighted by molar-refractivity contribution is 6.08. The minimum Gasteiger partial charge on any atom is -0.497 e. The van der Waals surface area contributed by atoms with Gasteiger partial charge in [-0.05, 0) is 63.5 Å². The summed E-state index contributed by atoms with van der Waals surface area (Å²) in [7, 11) is 5.73. The van der Waals surface area contributed by atoms with Crippen molar-refractivity contribution in [1.82, 2.24) is 9.47 Å². The van der Waals surface area contributed by atoms with E-state index in [-0.39, 0.29) is 18.2 Å². The Balaban J connectivity index is 0.00000242. The van der Waals surface area contributed by atoms with Crippen LogP contribution in [0.15, 0.2) is 42.6 Å². The molecule has 0 bridgehead atoms. The SMILES string of the molecule is COc1ccc(C(=O)c2cccn2CCCN(C)C)cc1.Cl. The maximum absolute atomic E-state index is 12.6. The Morgan fingerprint density at radius 2 is 1.86 bits per heavy atom. The smallest absolute Gasteiger partial charge is 0.209 e. The highest BCUT2D eigenvalue weighted by Crippen LogP contribution is 2.16. The van der Waals surface area contributed by atoms with E-state index in [1.807, 2.05) is 35.0 Å². The maximum Gasteiger partial charge on any atom is 0.209 e. The van der Waals surface area contributed by atoms with Crippen molar-refractivity contribution in [3.05, 3.63) is 53.9 Å². The summed E-state index contributed by atoms with van der Waals surface area (Å²) in [4.78, 5) is 14.7. The molecule has 4 nitrogen and oxygen atoms in total. The molecule has 0 saturated heterocycles. The van der Waals surface area contributed by atoms with Crippen LogP contribution < -0.4 is 4.74 Å². The molecule has 0 aliphatic rings. The van der Waals surface area contributed by atoms with Crippen molar-refractivity contribution in [2.75, 3.05) is 27.7 Å². The molecule has 0 N–H and O–H groups in total. The van der Waals surface area contributed by atoms with Crippen LogP contribution in [0.1, 0.15) is 22.5 Å². The molecule has 1 aromatic carbocycles. The Kier molecular flexibility index (Phi) is 7.15. The molecule has 0 saturated carbocycles.